The summed E-state index contributed by atoms with van der Waals surface area (Å²) in [5, 5.41) is 5.71. The Balaban J connectivity index is 1.82. The molecule has 1 aliphatic heterocycles. The minimum Gasteiger partial charge on any atom is -0.366 e. The highest BCUT2D eigenvalue weighted by atomic mass is 16.5. The Morgan fingerprint density at radius 1 is 1.20 bits per heavy atom. The Morgan fingerprint density at radius 2 is 2.00 bits per heavy atom. The predicted molar refractivity (Wildman–Crippen MR) is 97.3 cm³/mol. The minimum absolute atomic E-state index is 0.0130. The van der Waals surface area contributed by atoms with Crippen LogP contribution in [0.5, 0.6) is 0 Å². The maximum absolute atomic E-state index is 11.3. The number of benzene rings is 2. The number of hydrogen-bond acceptors (Lipinski definition) is 3. The zero-order chi connectivity index (χ0) is 17.4. The second-order valence-corrected chi connectivity index (χ2v) is 6.54. The number of primary amides is 1. The van der Waals surface area contributed by atoms with Crippen LogP contribution in [0.2, 0.25) is 0 Å². The topological polar surface area (TPSA) is 70.1 Å². The van der Waals surface area contributed by atoms with Gasteiger partial charge in [-0.1, -0.05) is 18.2 Å². The van der Waals surface area contributed by atoms with Gasteiger partial charge in [0, 0.05) is 17.6 Å². The van der Waals surface area contributed by atoms with Crippen LogP contribution in [0, 0.1) is 6.92 Å². The number of carbonyl (C=O) groups is 1. The lowest BCUT2D eigenvalue weighted by Crippen LogP contribution is -2.18. The van der Waals surface area contributed by atoms with Crippen LogP contribution in [-0.4, -0.2) is 22.3 Å². The van der Waals surface area contributed by atoms with Crippen molar-refractivity contribution in [1.82, 2.24) is 9.78 Å². The van der Waals surface area contributed by atoms with Gasteiger partial charge in [0.05, 0.1) is 11.7 Å². The third kappa shape index (κ3) is 2.81. The SMILES string of the molecule is Cc1ccc2c(cnn2C2CCCCO2)c1-c1ccc(C(N)=O)cc1. The van der Waals surface area contributed by atoms with Crippen molar-refractivity contribution in [3.63, 3.8) is 0 Å². The highest BCUT2D eigenvalue weighted by Crippen LogP contribution is 2.34. The van der Waals surface area contributed by atoms with E-state index in [1.807, 2.05) is 23.0 Å². The lowest BCUT2D eigenvalue weighted by Gasteiger charge is -2.23. The molecule has 0 radical (unpaired) electrons. The number of aromatic nitrogens is 2. The van der Waals surface area contributed by atoms with Crippen molar-refractivity contribution in [3.8, 4) is 11.1 Å². The molecule has 1 atom stereocenters. The number of ether oxygens (including phenoxy) is 1. The number of hydrogen-bond donors (Lipinski definition) is 1. The fraction of sp³-hybridized carbons (Fsp3) is 0.300. The molecule has 2 aromatic carbocycles. The van der Waals surface area contributed by atoms with E-state index >= 15 is 0 Å². The van der Waals surface area contributed by atoms with Crippen molar-refractivity contribution < 1.29 is 9.53 Å². The van der Waals surface area contributed by atoms with E-state index < -0.39 is 5.91 Å². The standard InChI is InChI=1S/C20H21N3O2/c1-13-5-10-17-16(12-22-23(17)18-4-2-3-11-25-18)19(13)14-6-8-15(9-7-14)20(21)24/h5-10,12,18H,2-4,11H2,1H3,(H2,21,24). The van der Waals surface area contributed by atoms with Gasteiger partial charge in [0.1, 0.15) is 0 Å². The van der Waals surface area contributed by atoms with Gasteiger partial charge in [-0.25, -0.2) is 4.68 Å². The van der Waals surface area contributed by atoms with Crippen LogP contribution in [-0.2, 0) is 4.74 Å². The van der Waals surface area contributed by atoms with Crippen molar-refractivity contribution in [1.29, 1.82) is 0 Å². The molecule has 1 saturated heterocycles. The first kappa shape index (κ1) is 15.8. The van der Waals surface area contributed by atoms with E-state index in [1.165, 1.54) is 12.0 Å². The summed E-state index contributed by atoms with van der Waals surface area (Å²) in [6.07, 6.45) is 5.20. The van der Waals surface area contributed by atoms with Gasteiger partial charge in [-0.2, -0.15) is 5.10 Å². The molecule has 1 fully saturated rings. The molecule has 2 heterocycles. The second kappa shape index (κ2) is 6.33. The van der Waals surface area contributed by atoms with Crippen LogP contribution >= 0.6 is 0 Å². The quantitative estimate of drug-likeness (QED) is 0.791. The Bertz CT molecular complexity index is 922. The largest absolute Gasteiger partial charge is 0.366 e. The van der Waals surface area contributed by atoms with Gasteiger partial charge < -0.3 is 10.5 Å². The van der Waals surface area contributed by atoms with E-state index in [1.54, 1.807) is 12.1 Å². The Hall–Kier alpha value is -2.66. The molecule has 25 heavy (non-hydrogen) atoms. The Morgan fingerprint density at radius 3 is 2.68 bits per heavy atom. The molecule has 1 aliphatic rings. The summed E-state index contributed by atoms with van der Waals surface area (Å²) in [6.45, 7) is 2.88. The molecule has 0 aliphatic carbocycles. The van der Waals surface area contributed by atoms with Gasteiger partial charge in [-0.15, -0.1) is 0 Å². The Labute approximate surface area is 146 Å². The molecule has 1 unspecified atom stereocenters. The lowest BCUT2D eigenvalue weighted by molar-refractivity contribution is -0.0366. The molecule has 3 aromatic rings. The predicted octanol–water partition coefficient (Wildman–Crippen LogP) is 3.81. The van der Waals surface area contributed by atoms with Crippen molar-refractivity contribution in [2.45, 2.75) is 32.4 Å². The number of fused-ring (bicyclic) bond motifs is 1. The number of amides is 1. The van der Waals surface area contributed by atoms with Crippen molar-refractivity contribution in [2.75, 3.05) is 6.61 Å². The highest BCUT2D eigenvalue weighted by Gasteiger charge is 2.20. The summed E-state index contributed by atoms with van der Waals surface area (Å²) in [5.41, 5.74) is 10.3. The van der Waals surface area contributed by atoms with Crippen LogP contribution in [0.3, 0.4) is 0 Å². The number of nitrogens with two attached hydrogens (primary N) is 1. The van der Waals surface area contributed by atoms with Gasteiger partial charge in [0.15, 0.2) is 6.23 Å². The average molecular weight is 335 g/mol. The van der Waals surface area contributed by atoms with E-state index in [9.17, 15) is 4.79 Å². The van der Waals surface area contributed by atoms with Gasteiger partial charge in [0.2, 0.25) is 5.91 Å². The molecular weight excluding hydrogens is 314 g/mol. The zero-order valence-electron chi connectivity index (χ0n) is 14.2. The van der Waals surface area contributed by atoms with Crippen LogP contribution < -0.4 is 5.73 Å². The molecule has 128 valence electrons. The molecule has 0 saturated carbocycles. The molecule has 5 nitrogen and oxygen atoms in total. The zero-order valence-corrected chi connectivity index (χ0v) is 14.2. The third-order valence-electron chi connectivity index (χ3n) is 4.88. The van der Waals surface area contributed by atoms with Crippen LogP contribution in [0.25, 0.3) is 22.0 Å². The van der Waals surface area contributed by atoms with E-state index in [0.717, 1.165) is 41.5 Å². The van der Waals surface area contributed by atoms with E-state index in [2.05, 4.69) is 24.2 Å². The van der Waals surface area contributed by atoms with E-state index in [4.69, 9.17) is 10.5 Å². The summed E-state index contributed by atoms with van der Waals surface area (Å²) < 4.78 is 7.89. The fourth-order valence-corrected chi connectivity index (χ4v) is 3.56. The first-order valence-corrected chi connectivity index (χ1v) is 8.64. The lowest BCUT2D eigenvalue weighted by atomic mass is 9.96. The monoisotopic (exact) mass is 335 g/mol. The number of aryl methyl sites for hydroxylation is 1. The van der Waals surface area contributed by atoms with Crippen molar-refractivity contribution in [2.24, 2.45) is 5.73 Å². The normalized spacial score (nSPS) is 17.7. The van der Waals surface area contributed by atoms with Gasteiger partial charge >= 0.3 is 0 Å². The number of rotatable bonds is 3. The molecule has 2 N–H and O–H groups in total. The molecule has 1 amide bonds. The van der Waals surface area contributed by atoms with E-state index in [0.29, 0.717) is 5.56 Å². The maximum Gasteiger partial charge on any atom is 0.248 e. The maximum atomic E-state index is 11.3. The van der Waals surface area contributed by atoms with Crippen LogP contribution in [0.4, 0.5) is 0 Å². The van der Waals surface area contributed by atoms with Crippen molar-refractivity contribution >= 4 is 16.8 Å². The van der Waals surface area contributed by atoms with Crippen LogP contribution in [0.1, 0.15) is 41.4 Å². The number of nitrogens with zero attached hydrogens (tertiary/aromatic N) is 2. The minimum atomic E-state index is -0.413. The highest BCUT2D eigenvalue weighted by molar-refractivity contribution is 5.98. The molecule has 4 rings (SSSR count). The molecule has 0 spiro atoms. The smallest absolute Gasteiger partial charge is 0.248 e. The summed E-state index contributed by atoms with van der Waals surface area (Å²) in [5.74, 6) is -0.413. The summed E-state index contributed by atoms with van der Waals surface area (Å²) in [4.78, 5) is 11.3. The summed E-state index contributed by atoms with van der Waals surface area (Å²) in [6, 6.07) is 11.6. The first-order valence-electron chi connectivity index (χ1n) is 8.64. The molecule has 1 aromatic heterocycles. The molecular formula is C20H21N3O2. The number of carbonyl (C=O) groups excluding carboxylic acids is 1. The Kier molecular flexibility index (Phi) is 4.01. The van der Waals surface area contributed by atoms with Gasteiger partial charge in [0.25, 0.3) is 0 Å². The van der Waals surface area contributed by atoms with Gasteiger partial charge in [-0.05, 0) is 61.1 Å². The van der Waals surface area contributed by atoms with E-state index in [-0.39, 0.29) is 6.23 Å². The summed E-state index contributed by atoms with van der Waals surface area (Å²) >= 11 is 0. The molecule has 5 heteroatoms. The first-order chi connectivity index (χ1) is 12.1. The summed E-state index contributed by atoms with van der Waals surface area (Å²) in [7, 11) is 0. The average Bonchev–Trinajstić information content (AvgIpc) is 3.06. The van der Waals surface area contributed by atoms with Crippen molar-refractivity contribution in [3.05, 3.63) is 53.7 Å². The van der Waals surface area contributed by atoms with Gasteiger partial charge in [-0.3, -0.25) is 4.79 Å². The third-order valence-corrected chi connectivity index (χ3v) is 4.88. The molecule has 0 bridgehead atoms. The second-order valence-electron chi connectivity index (χ2n) is 6.54. The van der Waals surface area contributed by atoms with Crippen LogP contribution in [0.15, 0.2) is 42.6 Å². The fourth-order valence-electron chi connectivity index (χ4n) is 3.56.